The predicted molar refractivity (Wildman–Crippen MR) is 65.9 cm³/mol. The Labute approximate surface area is 109 Å². The Bertz CT molecular complexity index is 532. The smallest absolute Gasteiger partial charge is 0.504 e. The van der Waals surface area contributed by atoms with E-state index in [1.165, 1.54) is 32.0 Å². The Morgan fingerprint density at radius 1 is 1.37 bits per heavy atom. The quantitative estimate of drug-likeness (QED) is 0.606. The van der Waals surface area contributed by atoms with Crippen LogP contribution in [0.2, 0.25) is 0 Å². The van der Waals surface area contributed by atoms with Gasteiger partial charge in [-0.2, -0.15) is 0 Å². The number of aliphatic carboxylic acids is 1. The molecule has 0 radical (unpaired) electrons. The zero-order chi connectivity index (χ0) is 14.8. The van der Waals surface area contributed by atoms with Crippen LogP contribution >= 0.6 is 7.82 Å². The Morgan fingerprint density at radius 2 is 1.95 bits per heavy atom. The zero-order valence-corrected chi connectivity index (χ0v) is 11.3. The zero-order valence-electron chi connectivity index (χ0n) is 10.4. The summed E-state index contributed by atoms with van der Waals surface area (Å²) >= 11 is 0. The number of rotatable bonds is 5. The summed E-state index contributed by atoms with van der Waals surface area (Å²) in [5, 5.41) is 18.4. The Hall–Kier alpha value is -1.56. The van der Waals surface area contributed by atoms with Crippen molar-refractivity contribution in [3.8, 4) is 11.5 Å². The molecule has 0 aliphatic rings. The monoisotopic (exact) mass is 290 g/mol. The lowest BCUT2D eigenvalue weighted by molar-refractivity contribution is -0.146. The second-order valence-electron chi connectivity index (χ2n) is 4.75. The van der Waals surface area contributed by atoms with Crippen LogP contribution in [0.4, 0.5) is 0 Å². The molecule has 4 N–H and O–H groups in total. The molecule has 0 saturated carbocycles. The van der Waals surface area contributed by atoms with Crippen molar-refractivity contribution in [1.82, 2.24) is 0 Å². The highest BCUT2D eigenvalue weighted by atomic mass is 31.2. The van der Waals surface area contributed by atoms with E-state index >= 15 is 0 Å². The molecule has 0 aliphatic carbocycles. The van der Waals surface area contributed by atoms with E-state index in [2.05, 4.69) is 4.52 Å². The van der Waals surface area contributed by atoms with Crippen LogP contribution in [0.15, 0.2) is 18.2 Å². The highest BCUT2D eigenvalue weighted by Crippen LogP contribution is 2.42. The SMILES string of the molecule is CC(C)(Cc1ccc(O)c(OP(=O)(O)O)c1)C(=O)O. The number of phosphoric acid groups is 1. The van der Waals surface area contributed by atoms with Crippen LogP contribution in [0.25, 0.3) is 0 Å². The van der Waals surface area contributed by atoms with Crippen LogP contribution in [-0.4, -0.2) is 26.0 Å². The van der Waals surface area contributed by atoms with Gasteiger partial charge in [0.1, 0.15) is 0 Å². The van der Waals surface area contributed by atoms with E-state index in [4.69, 9.17) is 14.9 Å². The van der Waals surface area contributed by atoms with E-state index in [-0.39, 0.29) is 12.2 Å². The first-order valence-electron chi connectivity index (χ1n) is 5.32. The maximum absolute atomic E-state index is 11.0. The molecule has 0 saturated heterocycles. The molecule has 106 valence electrons. The third-order valence-corrected chi connectivity index (χ3v) is 2.90. The topological polar surface area (TPSA) is 124 Å². The lowest BCUT2D eigenvalue weighted by Crippen LogP contribution is -2.26. The van der Waals surface area contributed by atoms with E-state index in [1.807, 2.05) is 0 Å². The Morgan fingerprint density at radius 3 is 2.42 bits per heavy atom. The third-order valence-electron chi connectivity index (χ3n) is 2.47. The fourth-order valence-electron chi connectivity index (χ4n) is 1.46. The molecule has 0 heterocycles. The second kappa shape index (κ2) is 5.21. The largest absolute Gasteiger partial charge is 0.524 e. The molecular weight excluding hydrogens is 275 g/mol. The van der Waals surface area contributed by atoms with E-state index in [0.717, 1.165) is 0 Å². The van der Waals surface area contributed by atoms with Gasteiger partial charge in [-0.1, -0.05) is 6.07 Å². The van der Waals surface area contributed by atoms with Gasteiger partial charge in [0.25, 0.3) is 0 Å². The van der Waals surface area contributed by atoms with Gasteiger partial charge >= 0.3 is 13.8 Å². The summed E-state index contributed by atoms with van der Waals surface area (Å²) in [6.45, 7) is 3.04. The molecule has 0 unspecified atom stereocenters. The molecule has 1 aromatic rings. The Balaban J connectivity index is 3.03. The van der Waals surface area contributed by atoms with Crippen LogP contribution in [0, 0.1) is 5.41 Å². The van der Waals surface area contributed by atoms with Crippen molar-refractivity contribution < 1.29 is 33.9 Å². The number of hydrogen-bond donors (Lipinski definition) is 4. The molecule has 19 heavy (non-hydrogen) atoms. The van der Waals surface area contributed by atoms with Gasteiger partial charge in [-0.15, -0.1) is 0 Å². The van der Waals surface area contributed by atoms with Crippen LogP contribution in [0.1, 0.15) is 19.4 Å². The fraction of sp³-hybridized carbons (Fsp3) is 0.364. The number of phosphoric ester groups is 1. The van der Waals surface area contributed by atoms with Gasteiger partial charge in [0.15, 0.2) is 11.5 Å². The lowest BCUT2D eigenvalue weighted by Gasteiger charge is -2.19. The first kappa shape index (κ1) is 15.5. The first-order valence-corrected chi connectivity index (χ1v) is 6.85. The maximum atomic E-state index is 11.0. The second-order valence-corrected chi connectivity index (χ2v) is 5.91. The highest BCUT2D eigenvalue weighted by molar-refractivity contribution is 7.46. The summed E-state index contributed by atoms with van der Waals surface area (Å²) in [6, 6.07) is 3.87. The summed E-state index contributed by atoms with van der Waals surface area (Å²) < 4.78 is 15.0. The van der Waals surface area contributed by atoms with Crippen molar-refractivity contribution >= 4 is 13.8 Å². The molecule has 8 heteroatoms. The lowest BCUT2D eigenvalue weighted by atomic mass is 9.86. The van der Waals surface area contributed by atoms with Crippen molar-refractivity contribution in [3.05, 3.63) is 23.8 Å². The van der Waals surface area contributed by atoms with Crippen LogP contribution in [-0.2, 0) is 15.8 Å². The molecule has 0 amide bonds. The molecule has 0 spiro atoms. The minimum absolute atomic E-state index is 0.125. The summed E-state index contributed by atoms with van der Waals surface area (Å²) in [5.41, 5.74) is -0.565. The van der Waals surface area contributed by atoms with Gasteiger partial charge in [0.05, 0.1) is 5.41 Å². The van der Waals surface area contributed by atoms with Crippen molar-refractivity contribution in [1.29, 1.82) is 0 Å². The van der Waals surface area contributed by atoms with Crippen molar-refractivity contribution in [2.45, 2.75) is 20.3 Å². The Kier molecular flexibility index (Phi) is 4.25. The van der Waals surface area contributed by atoms with Gasteiger partial charge in [0, 0.05) is 0 Å². The molecular formula is C11H15O7P. The standard InChI is InChI=1S/C11H15O7P/c1-11(2,10(13)14)6-7-3-4-8(12)9(5-7)18-19(15,16)17/h3-5,12H,6H2,1-2H3,(H,13,14)(H2,15,16,17). The van der Waals surface area contributed by atoms with Crippen LogP contribution in [0.5, 0.6) is 11.5 Å². The summed E-state index contributed by atoms with van der Waals surface area (Å²) in [7, 11) is -4.78. The summed E-state index contributed by atoms with van der Waals surface area (Å²) in [6.07, 6.45) is 0.125. The van der Waals surface area contributed by atoms with Crippen LogP contribution < -0.4 is 4.52 Å². The number of hydrogen-bond acceptors (Lipinski definition) is 4. The first-order chi connectivity index (χ1) is 8.51. The molecule has 0 aromatic heterocycles. The van der Waals surface area contributed by atoms with Crippen LogP contribution in [0.3, 0.4) is 0 Å². The molecule has 0 aliphatic heterocycles. The van der Waals surface area contributed by atoms with Crippen molar-refractivity contribution in [2.75, 3.05) is 0 Å². The van der Waals surface area contributed by atoms with E-state index in [0.29, 0.717) is 5.56 Å². The van der Waals surface area contributed by atoms with E-state index in [1.54, 1.807) is 0 Å². The average molecular weight is 290 g/mol. The number of carbonyl (C=O) groups is 1. The molecule has 0 bridgehead atoms. The fourth-order valence-corrected chi connectivity index (χ4v) is 1.86. The average Bonchev–Trinajstić information content (AvgIpc) is 2.20. The predicted octanol–water partition coefficient (Wildman–Crippen LogP) is 1.52. The van der Waals surface area contributed by atoms with E-state index < -0.39 is 25.0 Å². The van der Waals surface area contributed by atoms with Gasteiger partial charge in [-0.25, -0.2) is 4.57 Å². The van der Waals surface area contributed by atoms with Gasteiger partial charge in [-0.3, -0.25) is 14.6 Å². The molecule has 7 nitrogen and oxygen atoms in total. The van der Waals surface area contributed by atoms with Gasteiger partial charge in [-0.05, 0) is 38.0 Å². The highest BCUT2D eigenvalue weighted by Gasteiger charge is 2.28. The van der Waals surface area contributed by atoms with Crippen molar-refractivity contribution in [3.63, 3.8) is 0 Å². The number of benzene rings is 1. The van der Waals surface area contributed by atoms with Crippen molar-refractivity contribution in [2.24, 2.45) is 5.41 Å². The number of aromatic hydroxyl groups is 1. The maximum Gasteiger partial charge on any atom is 0.524 e. The van der Waals surface area contributed by atoms with E-state index in [9.17, 15) is 14.5 Å². The summed E-state index contributed by atoms with van der Waals surface area (Å²) in [4.78, 5) is 28.4. The normalized spacial score (nSPS) is 12.2. The number of phenolic OH excluding ortho intramolecular Hbond substituents is 1. The third kappa shape index (κ3) is 4.55. The van der Waals surface area contributed by atoms with Gasteiger partial charge in [0.2, 0.25) is 0 Å². The molecule has 0 atom stereocenters. The molecule has 0 fully saturated rings. The molecule has 1 aromatic carbocycles. The number of phenols is 1. The minimum atomic E-state index is -4.78. The number of carboxylic acid groups (broad SMARTS) is 1. The number of carboxylic acids is 1. The minimum Gasteiger partial charge on any atom is -0.504 e. The van der Waals surface area contributed by atoms with Gasteiger partial charge < -0.3 is 14.7 Å². The molecule has 1 rings (SSSR count). The summed E-state index contributed by atoms with van der Waals surface area (Å²) in [5.74, 6) is -1.81.